The highest BCUT2D eigenvalue weighted by molar-refractivity contribution is 6.18. The van der Waals surface area contributed by atoms with E-state index in [2.05, 4.69) is 65.9 Å². The Bertz CT molecular complexity index is 834. The molecule has 5 heteroatoms. The van der Waals surface area contributed by atoms with Crippen molar-refractivity contribution < 1.29 is 14.2 Å². The van der Waals surface area contributed by atoms with Gasteiger partial charge in [-0.15, -0.1) is 11.6 Å². The molecule has 0 bridgehead atoms. The molecule has 3 rings (SSSR count). The summed E-state index contributed by atoms with van der Waals surface area (Å²) in [6, 6.07) is 4.34. The first-order valence-corrected chi connectivity index (χ1v) is 14.9. The van der Waals surface area contributed by atoms with Crippen molar-refractivity contribution in [3.05, 3.63) is 23.3 Å². The molecule has 4 nitrogen and oxygen atoms in total. The van der Waals surface area contributed by atoms with Gasteiger partial charge in [-0.25, -0.2) is 0 Å². The molecule has 1 unspecified atom stereocenters. The minimum Gasteiger partial charge on any atom is -0.488 e. The third-order valence-electron chi connectivity index (χ3n) is 9.28. The highest BCUT2D eigenvalue weighted by Crippen LogP contribution is 2.56. The number of methoxy groups -OCH3 is 1. The van der Waals surface area contributed by atoms with Crippen LogP contribution in [0.2, 0.25) is 0 Å². The molecule has 0 aromatic heterocycles. The second-order valence-electron chi connectivity index (χ2n) is 12.4. The lowest BCUT2D eigenvalue weighted by Crippen LogP contribution is -2.49. The van der Waals surface area contributed by atoms with Gasteiger partial charge < -0.3 is 19.5 Å². The van der Waals surface area contributed by atoms with Gasteiger partial charge in [0.25, 0.3) is 0 Å². The zero-order valence-electron chi connectivity index (χ0n) is 24.2. The summed E-state index contributed by atoms with van der Waals surface area (Å²) in [6.07, 6.45) is 5.94. The smallest absolute Gasteiger partial charge is 0.165 e. The first-order chi connectivity index (χ1) is 17.1. The van der Waals surface area contributed by atoms with Crippen molar-refractivity contribution in [3.63, 3.8) is 0 Å². The lowest BCUT2D eigenvalue weighted by Gasteiger charge is -2.44. The topological polar surface area (TPSA) is 39.7 Å². The second-order valence-corrected chi connectivity index (χ2v) is 12.8. The maximum atomic E-state index is 6.75. The van der Waals surface area contributed by atoms with E-state index in [4.69, 9.17) is 25.8 Å². The van der Waals surface area contributed by atoms with Crippen LogP contribution in [0.15, 0.2) is 12.1 Å². The van der Waals surface area contributed by atoms with Gasteiger partial charge in [0.1, 0.15) is 12.7 Å². The zero-order valence-corrected chi connectivity index (χ0v) is 25.0. The van der Waals surface area contributed by atoms with E-state index in [9.17, 15) is 0 Å². The number of rotatable bonds is 15. The Morgan fingerprint density at radius 1 is 1.22 bits per heavy atom. The number of fused-ring (bicyclic) bond motifs is 1. The summed E-state index contributed by atoms with van der Waals surface area (Å²) < 4.78 is 18.7. The molecule has 1 aliphatic carbocycles. The quantitative estimate of drug-likeness (QED) is 0.247. The molecule has 1 N–H and O–H groups in total. The third kappa shape index (κ3) is 6.35. The Morgan fingerprint density at radius 2 is 1.94 bits per heavy atom. The lowest BCUT2D eigenvalue weighted by atomic mass is 9.60. The molecule has 0 radical (unpaired) electrons. The lowest BCUT2D eigenvalue weighted by molar-refractivity contribution is 0.0351. The number of hydrogen-bond donors (Lipinski definition) is 1. The Balaban J connectivity index is 2.07. The molecule has 0 spiro atoms. The van der Waals surface area contributed by atoms with Crippen LogP contribution in [0.1, 0.15) is 85.3 Å². The Hall–Kier alpha value is -0.970. The summed E-state index contributed by atoms with van der Waals surface area (Å²) in [5.41, 5.74) is 2.90. The van der Waals surface area contributed by atoms with Gasteiger partial charge in [0.05, 0.1) is 5.88 Å². The molecular weight excluding hydrogens is 470 g/mol. The summed E-state index contributed by atoms with van der Waals surface area (Å²) >= 11 is 5.98. The largest absolute Gasteiger partial charge is 0.488 e. The van der Waals surface area contributed by atoms with E-state index >= 15 is 0 Å². The van der Waals surface area contributed by atoms with Crippen LogP contribution < -0.4 is 14.8 Å². The number of nitrogens with one attached hydrogen (secondary N) is 1. The van der Waals surface area contributed by atoms with Crippen LogP contribution in [0.25, 0.3) is 0 Å². The number of aryl methyl sites for hydroxylation is 1. The van der Waals surface area contributed by atoms with Crippen molar-refractivity contribution in [2.24, 2.45) is 29.1 Å². The van der Waals surface area contributed by atoms with Crippen LogP contribution in [0.3, 0.4) is 0 Å². The number of halogens is 1. The van der Waals surface area contributed by atoms with Crippen molar-refractivity contribution in [3.8, 4) is 11.5 Å². The summed E-state index contributed by atoms with van der Waals surface area (Å²) in [4.78, 5) is 0. The molecule has 1 aromatic carbocycles. The number of hydrogen-bond acceptors (Lipinski definition) is 4. The third-order valence-corrected chi connectivity index (χ3v) is 9.44. The van der Waals surface area contributed by atoms with Crippen molar-refractivity contribution in [2.75, 3.05) is 39.3 Å². The minimum absolute atomic E-state index is 0.0735. The van der Waals surface area contributed by atoms with E-state index in [0.717, 1.165) is 56.4 Å². The van der Waals surface area contributed by atoms with E-state index in [1.165, 1.54) is 24.0 Å². The monoisotopic (exact) mass is 521 g/mol. The average molecular weight is 522 g/mol. The van der Waals surface area contributed by atoms with Crippen molar-refractivity contribution in [2.45, 2.75) is 92.1 Å². The van der Waals surface area contributed by atoms with Gasteiger partial charge in [-0.05, 0) is 92.8 Å². The van der Waals surface area contributed by atoms with Crippen LogP contribution >= 0.6 is 11.6 Å². The Kier molecular flexibility index (Phi) is 10.5. The van der Waals surface area contributed by atoms with Crippen LogP contribution in [0.5, 0.6) is 11.5 Å². The van der Waals surface area contributed by atoms with Gasteiger partial charge in [-0.1, -0.05) is 47.6 Å². The molecule has 206 valence electrons. The van der Waals surface area contributed by atoms with E-state index in [1.807, 2.05) is 7.11 Å². The maximum absolute atomic E-state index is 6.75. The molecule has 1 fully saturated rings. The van der Waals surface area contributed by atoms with Crippen molar-refractivity contribution in [1.82, 2.24) is 5.32 Å². The molecule has 0 amide bonds. The minimum atomic E-state index is -0.0822. The van der Waals surface area contributed by atoms with Gasteiger partial charge >= 0.3 is 0 Å². The molecule has 1 saturated carbocycles. The van der Waals surface area contributed by atoms with Gasteiger partial charge in [-0.3, -0.25) is 0 Å². The predicted octanol–water partition coefficient (Wildman–Crippen LogP) is 7.25. The van der Waals surface area contributed by atoms with Gasteiger partial charge in [0.2, 0.25) is 0 Å². The first-order valence-electron chi connectivity index (χ1n) is 14.3. The fourth-order valence-corrected chi connectivity index (χ4v) is 6.60. The summed E-state index contributed by atoms with van der Waals surface area (Å²) in [6.45, 7) is 19.8. The molecule has 36 heavy (non-hydrogen) atoms. The van der Waals surface area contributed by atoms with E-state index in [-0.39, 0.29) is 16.9 Å². The van der Waals surface area contributed by atoms with Crippen LogP contribution in [-0.4, -0.2) is 45.4 Å². The van der Waals surface area contributed by atoms with Gasteiger partial charge in [0.15, 0.2) is 11.5 Å². The molecule has 5 atom stereocenters. The summed E-state index contributed by atoms with van der Waals surface area (Å²) in [5, 5.41) is 3.90. The molecule has 1 aromatic rings. The normalized spacial score (nSPS) is 24.2. The summed E-state index contributed by atoms with van der Waals surface area (Å²) in [7, 11) is 1.85. The number of ether oxygens (including phenoxy) is 3. The van der Waals surface area contributed by atoms with E-state index < -0.39 is 0 Å². The molecule has 1 aliphatic heterocycles. The van der Waals surface area contributed by atoms with Crippen molar-refractivity contribution in [1.29, 1.82) is 0 Å². The Labute approximate surface area is 226 Å². The predicted molar refractivity (Wildman–Crippen MR) is 152 cm³/mol. The van der Waals surface area contributed by atoms with Gasteiger partial charge in [0, 0.05) is 24.7 Å². The van der Waals surface area contributed by atoms with E-state index in [0.29, 0.717) is 30.2 Å². The average Bonchev–Trinajstić information content (AvgIpc) is 3.61. The van der Waals surface area contributed by atoms with E-state index in [1.54, 1.807) is 0 Å². The van der Waals surface area contributed by atoms with Crippen LogP contribution in [0.4, 0.5) is 0 Å². The number of alkyl halides is 1. The highest BCUT2D eigenvalue weighted by Gasteiger charge is 2.53. The second kappa shape index (κ2) is 12.7. The fraction of sp³-hybridized carbons (Fsp3) is 0.806. The fourth-order valence-electron chi connectivity index (χ4n) is 6.53. The van der Waals surface area contributed by atoms with Gasteiger partial charge in [-0.2, -0.15) is 0 Å². The molecular formula is C31H52ClNO3. The van der Waals surface area contributed by atoms with Crippen molar-refractivity contribution >= 4 is 11.6 Å². The highest BCUT2D eigenvalue weighted by atomic mass is 35.5. The SMILES string of the molecule is CCc1ccc(OCCCl)c2c1[C@](CC)(C(CNCC1CC1)C[C@@H](COC)[C@@H](C)C(C)(C)C)[C@H](C)O2. The van der Waals surface area contributed by atoms with Crippen LogP contribution in [-0.2, 0) is 16.6 Å². The summed E-state index contributed by atoms with van der Waals surface area (Å²) in [5.74, 6) is 4.56. The maximum Gasteiger partial charge on any atom is 0.165 e. The molecule has 1 heterocycles. The zero-order chi connectivity index (χ0) is 26.5. The molecule has 0 saturated heterocycles. The standard InChI is InChI=1S/C31H52ClNO3/c1-9-24-13-14-27(35-16-15-32)29-28(24)31(10-2,22(4)36-29)26(19-33-18-23-11-12-23)17-25(20-34-8)21(3)30(5,6)7/h13-14,21-23,25-26,33H,9-12,15-20H2,1-8H3/t21-,22+,25+,26?,31+/m1/s1. The first kappa shape index (κ1) is 29.6. The molecule has 2 aliphatic rings. The Morgan fingerprint density at radius 3 is 2.50 bits per heavy atom. The van der Waals surface area contributed by atoms with Crippen LogP contribution in [0, 0.1) is 29.1 Å². The number of benzene rings is 1.